The monoisotopic (exact) mass is 205 g/mol. The molecule has 0 aliphatic carbocycles. The molecule has 1 N–H and O–H groups in total. The van der Waals surface area contributed by atoms with Crippen LogP contribution in [0, 0.1) is 11.6 Å². The van der Waals surface area contributed by atoms with Gasteiger partial charge in [0.1, 0.15) is 16.7 Å². The number of hydrogen-bond donors (Lipinski definition) is 1. The summed E-state index contributed by atoms with van der Waals surface area (Å²) in [6, 6.07) is 2.37. The molecule has 0 fully saturated rings. The topological polar surface area (TPSA) is 12.0 Å². The second-order valence-electron chi connectivity index (χ2n) is 2.77. The van der Waals surface area contributed by atoms with Gasteiger partial charge in [-0.05, 0) is 20.0 Å². The maximum atomic E-state index is 13.3. The van der Waals surface area contributed by atoms with Crippen molar-refractivity contribution < 1.29 is 8.78 Å². The summed E-state index contributed by atoms with van der Waals surface area (Å²) in [6.07, 6.45) is 0. The third-order valence-electron chi connectivity index (χ3n) is 1.96. The number of benzene rings is 1. The molecule has 1 aromatic rings. The van der Waals surface area contributed by atoms with Crippen molar-refractivity contribution in [1.82, 2.24) is 5.32 Å². The van der Waals surface area contributed by atoms with Crippen LogP contribution in [0.2, 0.25) is 5.02 Å². The first-order valence-corrected chi connectivity index (χ1v) is 4.26. The van der Waals surface area contributed by atoms with Gasteiger partial charge in [-0.25, -0.2) is 8.78 Å². The molecule has 1 unspecified atom stereocenters. The van der Waals surface area contributed by atoms with Gasteiger partial charge in [-0.15, -0.1) is 0 Å². The van der Waals surface area contributed by atoms with Crippen molar-refractivity contribution in [3.05, 3.63) is 34.4 Å². The Labute approximate surface area is 80.7 Å². The summed E-state index contributed by atoms with van der Waals surface area (Å²) in [6.45, 7) is 1.77. The second kappa shape index (κ2) is 4.03. The molecular weight excluding hydrogens is 196 g/mol. The van der Waals surface area contributed by atoms with Crippen molar-refractivity contribution in [2.24, 2.45) is 0 Å². The summed E-state index contributed by atoms with van der Waals surface area (Å²) >= 11 is 5.41. The highest BCUT2D eigenvalue weighted by atomic mass is 35.5. The Morgan fingerprint density at radius 2 is 2.00 bits per heavy atom. The minimum Gasteiger partial charge on any atom is -0.313 e. The summed E-state index contributed by atoms with van der Waals surface area (Å²) in [5, 5.41) is 2.40. The predicted octanol–water partition coefficient (Wildman–Crippen LogP) is 2.90. The fraction of sp³-hybridized carbons (Fsp3) is 0.333. The molecule has 0 amide bonds. The third kappa shape index (κ3) is 1.98. The maximum absolute atomic E-state index is 13.3. The van der Waals surface area contributed by atoms with E-state index in [1.807, 2.05) is 0 Å². The predicted molar refractivity (Wildman–Crippen MR) is 48.8 cm³/mol. The van der Waals surface area contributed by atoms with Gasteiger partial charge in [-0.3, -0.25) is 0 Å². The average molecular weight is 206 g/mol. The highest BCUT2D eigenvalue weighted by molar-refractivity contribution is 6.30. The van der Waals surface area contributed by atoms with E-state index in [1.165, 1.54) is 6.07 Å². The molecule has 0 radical (unpaired) electrons. The molecule has 1 aromatic carbocycles. The molecule has 1 atom stereocenters. The minimum atomic E-state index is -0.730. The number of halogens is 3. The van der Waals surface area contributed by atoms with Gasteiger partial charge in [-0.1, -0.05) is 17.7 Å². The first-order chi connectivity index (χ1) is 6.07. The molecule has 0 spiro atoms. The quantitative estimate of drug-likeness (QED) is 0.733. The highest BCUT2D eigenvalue weighted by Crippen LogP contribution is 2.25. The summed E-state index contributed by atoms with van der Waals surface area (Å²) in [5.41, 5.74) is 0.369. The van der Waals surface area contributed by atoms with Crippen LogP contribution in [0.1, 0.15) is 18.5 Å². The summed E-state index contributed by atoms with van der Waals surface area (Å²) < 4.78 is 26.0. The lowest BCUT2D eigenvalue weighted by molar-refractivity contribution is 0.543. The molecule has 13 heavy (non-hydrogen) atoms. The highest BCUT2D eigenvalue weighted by Gasteiger charge is 2.14. The fourth-order valence-electron chi connectivity index (χ4n) is 1.03. The van der Waals surface area contributed by atoms with Crippen LogP contribution in [0.15, 0.2) is 12.1 Å². The number of nitrogens with one attached hydrogen (secondary N) is 1. The Bertz CT molecular complexity index is 315. The van der Waals surface area contributed by atoms with Crippen LogP contribution in [0.3, 0.4) is 0 Å². The van der Waals surface area contributed by atoms with E-state index in [0.29, 0.717) is 5.56 Å². The van der Waals surface area contributed by atoms with Crippen LogP contribution in [0.25, 0.3) is 0 Å². The molecule has 0 aliphatic heterocycles. The van der Waals surface area contributed by atoms with Crippen LogP contribution in [0.4, 0.5) is 8.78 Å². The standard InChI is InChI=1S/C9H10ClF2N/c1-5(13-2)6-3-4-7(11)8(10)9(6)12/h3-5,13H,1-2H3. The summed E-state index contributed by atoms with van der Waals surface area (Å²) in [7, 11) is 1.70. The number of rotatable bonds is 2. The Kier molecular flexibility index (Phi) is 3.22. The van der Waals surface area contributed by atoms with Crippen LogP contribution >= 0.6 is 11.6 Å². The van der Waals surface area contributed by atoms with Crippen molar-refractivity contribution in [2.45, 2.75) is 13.0 Å². The zero-order valence-corrected chi connectivity index (χ0v) is 8.12. The van der Waals surface area contributed by atoms with Gasteiger partial charge in [0.05, 0.1) is 0 Å². The third-order valence-corrected chi connectivity index (χ3v) is 2.31. The van der Waals surface area contributed by atoms with Crippen molar-refractivity contribution >= 4 is 11.6 Å². The minimum absolute atomic E-state index is 0.182. The lowest BCUT2D eigenvalue weighted by atomic mass is 10.1. The Hall–Kier alpha value is -0.670. The van der Waals surface area contributed by atoms with E-state index in [0.717, 1.165) is 6.07 Å². The van der Waals surface area contributed by atoms with Crippen molar-refractivity contribution in [1.29, 1.82) is 0 Å². The zero-order valence-electron chi connectivity index (χ0n) is 7.37. The molecule has 1 rings (SSSR count). The average Bonchev–Trinajstić information content (AvgIpc) is 2.13. The zero-order chi connectivity index (χ0) is 10.0. The van der Waals surface area contributed by atoms with Gasteiger partial charge in [0.15, 0.2) is 0 Å². The lowest BCUT2D eigenvalue weighted by Gasteiger charge is -2.12. The van der Waals surface area contributed by atoms with E-state index < -0.39 is 16.7 Å². The largest absolute Gasteiger partial charge is 0.313 e. The molecule has 4 heteroatoms. The van der Waals surface area contributed by atoms with Crippen LogP contribution in [-0.4, -0.2) is 7.05 Å². The molecule has 1 nitrogen and oxygen atoms in total. The number of hydrogen-bond acceptors (Lipinski definition) is 1. The molecule has 0 bridgehead atoms. The molecule has 0 heterocycles. The molecule has 0 saturated carbocycles. The molecule has 0 aromatic heterocycles. The van der Waals surface area contributed by atoms with Gasteiger partial charge in [0.25, 0.3) is 0 Å². The Morgan fingerprint density at radius 3 is 2.54 bits per heavy atom. The van der Waals surface area contributed by atoms with Crippen molar-refractivity contribution in [3.63, 3.8) is 0 Å². The normalized spacial score (nSPS) is 13.0. The first kappa shape index (κ1) is 10.4. The van der Waals surface area contributed by atoms with Gasteiger partial charge in [0.2, 0.25) is 0 Å². The van der Waals surface area contributed by atoms with Crippen LogP contribution in [0.5, 0.6) is 0 Å². The summed E-state index contributed by atoms with van der Waals surface area (Å²) in [5.74, 6) is -1.42. The first-order valence-electron chi connectivity index (χ1n) is 3.88. The maximum Gasteiger partial charge on any atom is 0.149 e. The Morgan fingerprint density at radius 1 is 1.38 bits per heavy atom. The van der Waals surface area contributed by atoms with Gasteiger partial charge in [0, 0.05) is 11.6 Å². The van der Waals surface area contributed by atoms with E-state index in [1.54, 1.807) is 14.0 Å². The van der Waals surface area contributed by atoms with Crippen LogP contribution < -0.4 is 5.32 Å². The SMILES string of the molecule is CNC(C)c1ccc(F)c(Cl)c1F. The molecule has 0 saturated heterocycles. The lowest BCUT2D eigenvalue weighted by Crippen LogP contribution is -2.14. The van der Waals surface area contributed by atoms with Crippen molar-refractivity contribution in [3.8, 4) is 0 Å². The van der Waals surface area contributed by atoms with E-state index in [2.05, 4.69) is 5.32 Å². The van der Waals surface area contributed by atoms with Crippen molar-refractivity contribution in [2.75, 3.05) is 7.05 Å². The van der Waals surface area contributed by atoms with Gasteiger partial charge < -0.3 is 5.32 Å². The second-order valence-corrected chi connectivity index (χ2v) is 3.15. The van der Waals surface area contributed by atoms with Crippen LogP contribution in [-0.2, 0) is 0 Å². The van der Waals surface area contributed by atoms with Gasteiger partial charge in [-0.2, -0.15) is 0 Å². The fourth-order valence-corrected chi connectivity index (χ4v) is 1.20. The van der Waals surface area contributed by atoms with E-state index in [4.69, 9.17) is 11.6 Å². The summed E-state index contributed by atoms with van der Waals surface area (Å²) in [4.78, 5) is 0. The molecular formula is C9H10ClF2N. The van der Waals surface area contributed by atoms with E-state index >= 15 is 0 Å². The smallest absolute Gasteiger partial charge is 0.149 e. The van der Waals surface area contributed by atoms with E-state index in [-0.39, 0.29) is 6.04 Å². The molecule has 72 valence electrons. The van der Waals surface area contributed by atoms with Gasteiger partial charge >= 0.3 is 0 Å². The van der Waals surface area contributed by atoms with E-state index in [9.17, 15) is 8.78 Å². The molecule has 0 aliphatic rings. The Balaban J connectivity index is 3.18.